The van der Waals surface area contributed by atoms with E-state index in [1.54, 1.807) is 57.5 Å². The van der Waals surface area contributed by atoms with Crippen LogP contribution in [0.2, 0.25) is 0 Å². The van der Waals surface area contributed by atoms with Crippen LogP contribution in [0.5, 0.6) is 11.5 Å². The quantitative estimate of drug-likeness (QED) is 0.376. The van der Waals surface area contributed by atoms with Crippen molar-refractivity contribution in [3.63, 3.8) is 0 Å². The van der Waals surface area contributed by atoms with Gasteiger partial charge in [-0.1, -0.05) is 29.5 Å². The normalized spacial score (nSPS) is 11.3. The molecule has 0 unspecified atom stereocenters. The van der Waals surface area contributed by atoms with Crippen molar-refractivity contribution in [3.8, 4) is 11.5 Å². The van der Waals surface area contributed by atoms with Crippen LogP contribution in [0, 0.1) is 0 Å². The van der Waals surface area contributed by atoms with Crippen LogP contribution in [0.4, 0.5) is 10.8 Å². The van der Waals surface area contributed by atoms with Crippen LogP contribution in [0.1, 0.15) is 17.3 Å². The summed E-state index contributed by atoms with van der Waals surface area (Å²) in [4.78, 5) is 17.4. The van der Waals surface area contributed by atoms with Gasteiger partial charge in [0.15, 0.2) is 5.13 Å². The number of carbonyl (C=O) groups excluding carboxylic acids is 1. The lowest BCUT2D eigenvalue weighted by Gasteiger charge is -2.22. The number of carbonyl (C=O) groups is 1. The first kappa shape index (κ1) is 23.5. The number of hydrogen-bond donors (Lipinski definition) is 1. The first-order valence-corrected chi connectivity index (χ1v) is 12.7. The molecule has 0 spiro atoms. The molecule has 1 aromatic heterocycles. The standard InChI is InChI=1S/C24H23N3O5S2/c1-4-27(17-8-6-5-7-9-17)34(29,30)18-12-10-16(11-13-18)23(28)26-24-25-21-19(31-2)14-15-20(32-3)22(21)33-24/h5-15H,4H2,1-3H3,(H,25,26,28). The number of fused-ring (bicyclic) bond motifs is 1. The molecule has 4 rings (SSSR count). The molecule has 10 heteroatoms. The molecular weight excluding hydrogens is 474 g/mol. The van der Waals surface area contributed by atoms with Gasteiger partial charge in [0.2, 0.25) is 0 Å². The van der Waals surface area contributed by atoms with Crippen LogP contribution in [0.15, 0.2) is 71.6 Å². The lowest BCUT2D eigenvalue weighted by atomic mass is 10.2. The molecule has 0 bridgehead atoms. The Morgan fingerprint density at radius 3 is 2.24 bits per heavy atom. The fourth-order valence-corrected chi connectivity index (χ4v) is 5.94. The average molecular weight is 498 g/mol. The van der Waals surface area contributed by atoms with Crippen LogP contribution < -0.4 is 19.1 Å². The zero-order valence-corrected chi connectivity index (χ0v) is 20.4. The van der Waals surface area contributed by atoms with Gasteiger partial charge in [0.05, 0.1) is 24.8 Å². The van der Waals surface area contributed by atoms with Crippen LogP contribution in [0.25, 0.3) is 10.2 Å². The molecule has 3 aromatic carbocycles. The Morgan fingerprint density at radius 2 is 1.62 bits per heavy atom. The number of methoxy groups -OCH3 is 2. The largest absolute Gasteiger partial charge is 0.495 e. The molecule has 4 aromatic rings. The molecule has 0 aliphatic carbocycles. The molecule has 0 fully saturated rings. The lowest BCUT2D eigenvalue weighted by Crippen LogP contribution is -2.30. The zero-order valence-electron chi connectivity index (χ0n) is 18.8. The van der Waals surface area contributed by atoms with Crippen LogP contribution in [-0.2, 0) is 10.0 Å². The molecule has 176 valence electrons. The average Bonchev–Trinajstić information content (AvgIpc) is 3.28. The van der Waals surface area contributed by atoms with Gasteiger partial charge in [-0.15, -0.1) is 0 Å². The molecule has 1 amide bonds. The van der Waals surface area contributed by atoms with Crippen molar-refractivity contribution in [3.05, 3.63) is 72.3 Å². The third-order valence-corrected chi connectivity index (χ3v) is 8.07. The van der Waals surface area contributed by atoms with Crippen molar-refractivity contribution in [2.24, 2.45) is 0 Å². The highest BCUT2D eigenvalue weighted by molar-refractivity contribution is 7.92. The highest BCUT2D eigenvalue weighted by Gasteiger charge is 2.24. The molecule has 0 radical (unpaired) electrons. The Kier molecular flexibility index (Phi) is 6.71. The first-order valence-electron chi connectivity index (χ1n) is 10.4. The van der Waals surface area contributed by atoms with E-state index >= 15 is 0 Å². The summed E-state index contributed by atoms with van der Waals surface area (Å²) in [5, 5.41) is 3.14. The number of nitrogens with zero attached hydrogens (tertiary/aromatic N) is 2. The van der Waals surface area contributed by atoms with E-state index in [1.165, 1.54) is 39.9 Å². The van der Waals surface area contributed by atoms with Gasteiger partial charge in [-0.25, -0.2) is 13.4 Å². The molecule has 8 nitrogen and oxygen atoms in total. The van der Waals surface area contributed by atoms with Crippen molar-refractivity contribution in [2.75, 3.05) is 30.4 Å². The Hall–Kier alpha value is -3.63. The number of benzene rings is 3. The van der Waals surface area contributed by atoms with Gasteiger partial charge in [-0.3, -0.25) is 14.4 Å². The van der Waals surface area contributed by atoms with Gasteiger partial charge < -0.3 is 9.47 Å². The number of anilines is 2. The van der Waals surface area contributed by atoms with Gasteiger partial charge in [0.25, 0.3) is 15.9 Å². The fraction of sp³-hybridized carbons (Fsp3) is 0.167. The van der Waals surface area contributed by atoms with Gasteiger partial charge in [-0.2, -0.15) is 0 Å². The first-order chi connectivity index (χ1) is 16.4. The van der Waals surface area contributed by atoms with Gasteiger partial charge in [0, 0.05) is 12.1 Å². The van der Waals surface area contributed by atoms with E-state index in [1.807, 2.05) is 6.07 Å². The maximum Gasteiger partial charge on any atom is 0.264 e. The highest BCUT2D eigenvalue weighted by Crippen LogP contribution is 2.39. The van der Waals surface area contributed by atoms with Gasteiger partial charge >= 0.3 is 0 Å². The smallest absolute Gasteiger partial charge is 0.264 e. The Bertz CT molecular complexity index is 1380. The third-order valence-electron chi connectivity index (χ3n) is 5.17. The van der Waals surface area contributed by atoms with E-state index in [0.717, 1.165) is 4.70 Å². The summed E-state index contributed by atoms with van der Waals surface area (Å²) >= 11 is 1.26. The maximum absolute atomic E-state index is 13.1. The Morgan fingerprint density at radius 1 is 0.971 bits per heavy atom. The van der Waals surface area contributed by atoms with Crippen LogP contribution in [0.3, 0.4) is 0 Å². The number of rotatable bonds is 8. The van der Waals surface area contributed by atoms with E-state index in [4.69, 9.17) is 9.47 Å². The monoisotopic (exact) mass is 497 g/mol. The summed E-state index contributed by atoms with van der Waals surface area (Å²) in [6, 6.07) is 18.2. The molecule has 0 aliphatic rings. The molecule has 1 N–H and O–H groups in total. The number of aromatic nitrogens is 1. The van der Waals surface area contributed by atoms with Crippen molar-refractivity contribution in [1.29, 1.82) is 0 Å². The number of amides is 1. The van der Waals surface area contributed by atoms with Crippen LogP contribution in [-0.4, -0.2) is 40.1 Å². The number of ether oxygens (including phenoxy) is 2. The van der Waals surface area contributed by atoms with Crippen LogP contribution >= 0.6 is 11.3 Å². The third kappa shape index (κ3) is 4.42. The topological polar surface area (TPSA) is 97.8 Å². The fourth-order valence-electron chi connectivity index (χ4n) is 3.50. The molecule has 0 atom stereocenters. The predicted octanol–water partition coefficient (Wildman–Crippen LogP) is 4.78. The van der Waals surface area contributed by atoms with E-state index in [9.17, 15) is 13.2 Å². The number of hydrogen-bond acceptors (Lipinski definition) is 7. The van der Waals surface area contributed by atoms with Gasteiger partial charge in [-0.05, 0) is 55.5 Å². The zero-order chi connectivity index (χ0) is 24.3. The maximum atomic E-state index is 13.1. The van der Waals surface area contributed by atoms with E-state index in [-0.39, 0.29) is 11.4 Å². The SMILES string of the molecule is CCN(c1ccccc1)S(=O)(=O)c1ccc(C(=O)Nc2nc3c(OC)ccc(OC)c3s2)cc1. The number of thiazole rings is 1. The van der Waals surface area contributed by atoms with E-state index in [2.05, 4.69) is 10.3 Å². The molecule has 1 heterocycles. The van der Waals surface area contributed by atoms with E-state index < -0.39 is 15.9 Å². The molecular formula is C24H23N3O5S2. The molecule has 34 heavy (non-hydrogen) atoms. The molecule has 0 saturated heterocycles. The summed E-state index contributed by atoms with van der Waals surface area (Å²) in [5.74, 6) is 0.791. The second kappa shape index (κ2) is 9.70. The lowest BCUT2D eigenvalue weighted by molar-refractivity contribution is 0.102. The second-order valence-electron chi connectivity index (χ2n) is 7.15. The summed E-state index contributed by atoms with van der Waals surface area (Å²) in [7, 11) is -0.665. The van der Waals surface area contributed by atoms with Crippen molar-refractivity contribution < 1.29 is 22.7 Å². The Balaban J connectivity index is 1.57. The minimum absolute atomic E-state index is 0.101. The minimum Gasteiger partial charge on any atom is -0.495 e. The molecule has 0 aliphatic heterocycles. The minimum atomic E-state index is -3.77. The highest BCUT2D eigenvalue weighted by atomic mass is 32.2. The predicted molar refractivity (Wildman–Crippen MR) is 134 cm³/mol. The Labute approximate surface area is 201 Å². The second-order valence-corrected chi connectivity index (χ2v) is 10.0. The molecule has 0 saturated carbocycles. The number of sulfonamides is 1. The van der Waals surface area contributed by atoms with Gasteiger partial charge in [0.1, 0.15) is 21.7 Å². The summed E-state index contributed by atoms with van der Waals surface area (Å²) < 4.78 is 39.1. The summed E-state index contributed by atoms with van der Waals surface area (Å²) in [6.07, 6.45) is 0. The van der Waals surface area contributed by atoms with Crippen molar-refractivity contribution in [2.45, 2.75) is 11.8 Å². The van der Waals surface area contributed by atoms with Crippen molar-refractivity contribution in [1.82, 2.24) is 4.98 Å². The van der Waals surface area contributed by atoms with E-state index in [0.29, 0.717) is 33.4 Å². The number of para-hydroxylation sites is 1. The number of nitrogens with one attached hydrogen (secondary N) is 1. The summed E-state index contributed by atoms with van der Waals surface area (Å²) in [5.41, 5.74) is 1.47. The van der Waals surface area contributed by atoms with Crippen molar-refractivity contribution >= 4 is 48.3 Å². The summed E-state index contributed by atoms with van der Waals surface area (Å²) in [6.45, 7) is 2.05.